The van der Waals surface area contributed by atoms with E-state index in [-0.39, 0.29) is 12.6 Å². The maximum Gasteiger partial charge on any atom is 0.338 e. The van der Waals surface area contributed by atoms with E-state index in [0.29, 0.717) is 30.1 Å². The molecule has 9 heteroatoms. The SMILES string of the molecule is CCOC(=O)C1=C(CN(CC)Cc2ccc(Br)s2)NC(=O)NC1c1ccco1. The lowest BCUT2D eigenvalue weighted by Crippen LogP contribution is -2.48. The molecule has 1 unspecified atom stereocenters. The summed E-state index contributed by atoms with van der Waals surface area (Å²) in [5.74, 6) is 0.0157. The maximum absolute atomic E-state index is 12.7. The zero-order valence-corrected chi connectivity index (χ0v) is 18.1. The van der Waals surface area contributed by atoms with Gasteiger partial charge in [-0.3, -0.25) is 4.90 Å². The van der Waals surface area contributed by atoms with Crippen LogP contribution in [0.15, 0.2) is 50.0 Å². The summed E-state index contributed by atoms with van der Waals surface area (Å²) >= 11 is 5.14. The van der Waals surface area contributed by atoms with Gasteiger partial charge in [-0.1, -0.05) is 6.92 Å². The Morgan fingerprint density at radius 1 is 1.32 bits per heavy atom. The van der Waals surface area contributed by atoms with Crippen LogP contribution in [0.25, 0.3) is 0 Å². The van der Waals surface area contributed by atoms with Gasteiger partial charge >= 0.3 is 12.0 Å². The molecule has 2 aromatic rings. The van der Waals surface area contributed by atoms with E-state index < -0.39 is 12.0 Å². The van der Waals surface area contributed by atoms with Crippen molar-refractivity contribution in [1.29, 1.82) is 0 Å². The minimum Gasteiger partial charge on any atom is -0.467 e. The molecule has 28 heavy (non-hydrogen) atoms. The number of nitrogens with zero attached hydrogens (tertiary/aromatic N) is 1. The van der Waals surface area contributed by atoms with E-state index >= 15 is 0 Å². The third-order valence-corrected chi connectivity index (χ3v) is 5.92. The van der Waals surface area contributed by atoms with Crippen molar-refractivity contribution in [2.45, 2.75) is 26.4 Å². The molecule has 0 saturated heterocycles. The minimum absolute atomic E-state index is 0.245. The first-order valence-electron chi connectivity index (χ1n) is 8.99. The van der Waals surface area contributed by atoms with Crippen LogP contribution in [0.4, 0.5) is 4.79 Å². The number of nitrogens with one attached hydrogen (secondary N) is 2. The van der Waals surface area contributed by atoms with Gasteiger partial charge in [0.1, 0.15) is 11.8 Å². The van der Waals surface area contributed by atoms with Gasteiger partial charge in [-0.25, -0.2) is 9.59 Å². The number of ether oxygens (including phenoxy) is 1. The summed E-state index contributed by atoms with van der Waals surface area (Å²) in [6, 6.07) is 6.46. The number of urea groups is 1. The number of carbonyl (C=O) groups excluding carboxylic acids is 2. The molecule has 1 aliphatic rings. The molecule has 0 fully saturated rings. The Morgan fingerprint density at radius 3 is 2.75 bits per heavy atom. The molecule has 0 aromatic carbocycles. The third kappa shape index (κ3) is 4.84. The lowest BCUT2D eigenvalue weighted by molar-refractivity contribution is -0.139. The van der Waals surface area contributed by atoms with E-state index in [9.17, 15) is 9.59 Å². The van der Waals surface area contributed by atoms with Gasteiger partial charge in [0.25, 0.3) is 0 Å². The molecule has 3 rings (SSSR count). The van der Waals surface area contributed by atoms with Crippen LogP contribution in [0, 0.1) is 0 Å². The maximum atomic E-state index is 12.7. The molecule has 0 saturated carbocycles. The Morgan fingerprint density at radius 2 is 2.14 bits per heavy atom. The molecular formula is C19H22BrN3O4S. The van der Waals surface area contributed by atoms with E-state index in [2.05, 4.69) is 37.5 Å². The van der Waals surface area contributed by atoms with Crippen molar-refractivity contribution < 1.29 is 18.7 Å². The molecule has 1 atom stereocenters. The van der Waals surface area contributed by atoms with Crippen LogP contribution < -0.4 is 10.6 Å². The van der Waals surface area contributed by atoms with Crippen LogP contribution in [-0.4, -0.2) is 36.6 Å². The van der Waals surface area contributed by atoms with E-state index in [4.69, 9.17) is 9.15 Å². The van der Waals surface area contributed by atoms with Crippen LogP contribution in [0.2, 0.25) is 0 Å². The quantitative estimate of drug-likeness (QED) is 0.576. The number of carbonyl (C=O) groups is 2. The summed E-state index contributed by atoms with van der Waals surface area (Å²) in [4.78, 5) is 28.3. The van der Waals surface area contributed by atoms with Gasteiger partial charge in [0.2, 0.25) is 0 Å². The Balaban J connectivity index is 1.92. The first-order chi connectivity index (χ1) is 13.5. The zero-order chi connectivity index (χ0) is 20.1. The van der Waals surface area contributed by atoms with Crippen molar-refractivity contribution in [1.82, 2.24) is 15.5 Å². The molecular weight excluding hydrogens is 446 g/mol. The van der Waals surface area contributed by atoms with Crippen molar-refractivity contribution in [3.8, 4) is 0 Å². The fourth-order valence-corrected chi connectivity index (χ4v) is 4.55. The highest BCUT2D eigenvalue weighted by molar-refractivity contribution is 9.11. The normalized spacial score (nSPS) is 16.9. The second-order valence-corrected chi connectivity index (χ2v) is 8.72. The fourth-order valence-electron chi connectivity index (χ4n) is 3.02. The molecule has 0 bridgehead atoms. The monoisotopic (exact) mass is 467 g/mol. The largest absolute Gasteiger partial charge is 0.467 e. The Kier molecular flexibility index (Phi) is 6.93. The van der Waals surface area contributed by atoms with Crippen molar-refractivity contribution in [3.05, 3.63) is 56.2 Å². The molecule has 7 nitrogen and oxygen atoms in total. The average molecular weight is 468 g/mol. The third-order valence-electron chi connectivity index (χ3n) is 4.31. The number of furan rings is 1. The topological polar surface area (TPSA) is 83.8 Å². The van der Waals surface area contributed by atoms with Crippen molar-refractivity contribution in [3.63, 3.8) is 0 Å². The second kappa shape index (κ2) is 9.40. The number of thiophene rings is 1. The highest BCUT2D eigenvalue weighted by Crippen LogP contribution is 2.29. The molecule has 2 amide bonds. The van der Waals surface area contributed by atoms with Gasteiger partial charge in [-0.05, 0) is 53.7 Å². The van der Waals surface area contributed by atoms with Gasteiger partial charge in [0.05, 0.1) is 22.2 Å². The van der Waals surface area contributed by atoms with E-state index in [1.54, 1.807) is 30.4 Å². The van der Waals surface area contributed by atoms with Crippen LogP contribution >= 0.6 is 27.3 Å². The lowest BCUT2D eigenvalue weighted by atomic mass is 10.00. The smallest absolute Gasteiger partial charge is 0.338 e. The molecule has 1 aliphatic heterocycles. The Hall–Kier alpha value is -2.10. The second-order valence-electron chi connectivity index (χ2n) is 6.17. The fraction of sp³-hybridized carbons (Fsp3) is 0.368. The predicted octanol–water partition coefficient (Wildman–Crippen LogP) is 3.80. The van der Waals surface area contributed by atoms with Crippen molar-refractivity contribution in [2.24, 2.45) is 0 Å². The number of hydrogen-bond acceptors (Lipinski definition) is 6. The summed E-state index contributed by atoms with van der Waals surface area (Å²) < 4.78 is 11.8. The molecule has 2 N–H and O–H groups in total. The van der Waals surface area contributed by atoms with E-state index in [0.717, 1.165) is 10.3 Å². The Bertz CT molecular complexity index is 862. The minimum atomic E-state index is -0.688. The summed E-state index contributed by atoms with van der Waals surface area (Å²) in [6.07, 6.45) is 1.51. The standard InChI is InChI=1S/C19H22BrN3O4S/c1-3-23(10-12-7-8-15(20)28-12)11-13-16(18(24)26-4-2)17(22-19(25)21-13)14-6-5-9-27-14/h5-9,17H,3-4,10-11H2,1-2H3,(H2,21,22,25). The number of halogens is 1. The molecule has 0 spiro atoms. The Labute approximate surface area is 175 Å². The number of esters is 1. The average Bonchev–Trinajstić information content (AvgIpc) is 3.32. The van der Waals surface area contributed by atoms with Gasteiger partial charge in [-0.15, -0.1) is 11.3 Å². The predicted molar refractivity (Wildman–Crippen MR) is 110 cm³/mol. The van der Waals surface area contributed by atoms with Gasteiger partial charge in [-0.2, -0.15) is 0 Å². The highest BCUT2D eigenvalue weighted by atomic mass is 79.9. The molecule has 0 radical (unpaired) electrons. The molecule has 150 valence electrons. The zero-order valence-electron chi connectivity index (χ0n) is 15.7. The van der Waals surface area contributed by atoms with Crippen molar-refractivity contribution >= 4 is 39.3 Å². The van der Waals surface area contributed by atoms with Crippen LogP contribution in [0.5, 0.6) is 0 Å². The van der Waals surface area contributed by atoms with Gasteiger partial charge in [0, 0.05) is 23.7 Å². The first kappa shape index (κ1) is 20.6. The molecule has 3 heterocycles. The summed E-state index contributed by atoms with van der Waals surface area (Å²) in [6.45, 7) is 5.91. The summed E-state index contributed by atoms with van der Waals surface area (Å²) in [5, 5.41) is 5.55. The van der Waals surface area contributed by atoms with Crippen molar-refractivity contribution in [2.75, 3.05) is 19.7 Å². The number of hydrogen-bond donors (Lipinski definition) is 2. The van der Waals surface area contributed by atoms with Crippen LogP contribution in [0.1, 0.15) is 30.5 Å². The molecule has 2 aromatic heterocycles. The van der Waals surface area contributed by atoms with Gasteiger partial charge < -0.3 is 19.8 Å². The van der Waals surface area contributed by atoms with E-state index in [1.165, 1.54) is 11.1 Å². The number of likely N-dealkylation sites (N-methyl/N-ethyl adjacent to an activating group) is 1. The van der Waals surface area contributed by atoms with E-state index in [1.807, 2.05) is 13.0 Å². The van der Waals surface area contributed by atoms with Crippen LogP contribution in [0.3, 0.4) is 0 Å². The molecule has 0 aliphatic carbocycles. The lowest BCUT2D eigenvalue weighted by Gasteiger charge is -2.30. The van der Waals surface area contributed by atoms with Gasteiger partial charge in [0.15, 0.2) is 0 Å². The number of rotatable bonds is 8. The summed E-state index contributed by atoms with van der Waals surface area (Å²) in [7, 11) is 0. The first-order valence-corrected chi connectivity index (χ1v) is 10.6. The summed E-state index contributed by atoms with van der Waals surface area (Å²) in [5.41, 5.74) is 0.892. The highest BCUT2D eigenvalue weighted by Gasteiger charge is 2.35. The number of amides is 2. The van der Waals surface area contributed by atoms with Crippen LogP contribution in [-0.2, 0) is 16.1 Å².